The van der Waals surface area contributed by atoms with Gasteiger partial charge in [-0.3, -0.25) is 0 Å². The fraction of sp³-hybridized carbons (Fsp3) is 0.105. The maximum atomic E-state index is 6.13. The first-order valence-electron chi connectivity index (χ1n) is 8.15. The van der Waals surface area contributed by atoms with Crippen molar-refractivity contribution in [3.63, 3.8) is 0 Å². The van der Waals surface area contributed by atoms with E-state index in [1.807, 2.05) is 36.4 Å². The molecule has 2 heterocycles. The molecule has 0 saturated heterocycles. The molecule has 2 aromatic heterocycles. The Morgan fingerprint density at radius 3 is 2.65 bits per heavy atom. The first-order valence-corrected chi connectivity index (χ1v) is 8.53. The zero-order chi connectivity index (χ0) is 17.8. The highest BCUT2D eigenvalue weighted by Gasteiger charge is 2.07. The number of aromatic nitrogens is 4. The van der Waals surface area contributed by atoms with Gasteiger partial charge in [-0.1, -0.05) is 41.9 Å². The van der Waals surface area contributed by atoms with Gasteiger partial charge in [0, 0.05) is 22.7 Å². The highest BCUT2D eigenvalue weighted by molar-refractivity contribution is 6.32. The van der Waals surface area contributed by atoms with Crippen molar-refractivity contribution in [2.75, 3.05) is 6.61 Å². The van der Waals surface area contributed by atoms with Crippen LogP contribution < -0.4 is 4.74 Å². The number of ether oxygens (including phenoxy) is 1. The van der Waals surface area contributed by atoms with Crippen molar-refractivity contribution >= 4 is 28.7 Å². The monoisotopic (exact) mass is 365 g/mol. The van der Waals surface area contributed by atoms with Gasteiger partial charge in [-0.2, -0.15) is 5.10 Å². The number of rotatable bonds is 6. The topological polar surface area (TPSA) is 57.2 Å². The van der Waals surface area contributed by atoms with Gasteiger partial charge in [0.1, 0.15) is 25.0 Å². The average Bonchev–Trinajstić information content (AvgIpc) is 3.30. The Balaban J connectivity index is 1.54. The molecule has 4 rings (SSSR count). The average molecular weight is 366 g/mol. The normalized spacial score (nSPS) is 11.4. The van der Waals surface area contributed by atoms with Gasteiger partial charge in [-0.25, -0.2) is 4.68 Å². The molecule has 0 atom stereocenters. The van der Waals surface area contributed by atoms with E-state index in [1.54, 1.807) is 23.5 Å². The predicted octanol–water partition coefficient (Wildman–Crippen LogP) is 3.85. The van der Waals surface area contributed by atoms with Crippen LogP contribution in [-0.2, 0) is 6.54 Å². The molecule has 6 nitrogen and oxygen atoms in total. The molecule has 0 aliphatic heterocycles. The highest BCUT2D eigenvalue weighted by Crippen LogP contribution is 2.24. The molecule has 2 aromatic carbocycles. The summed E-state index contributed by atoms with van der Waals surface area (Å²) in [7, 11) is 0. The van der Waals surface area contributed by atoms with Crippen molar-refractivity contribution in [2.24, 2.45) is 5.10 Å². The Morgan fingerprint density at radius 1 is 1.04 bits per heavy atom. The van der Waals surface area contributed by atoms with Gasteiger partial charge in [-0.05, 0) is 18.2 Å². The Kier molecular flexibility index (Phi) is 4.66. The van der Waals surface area contributed by atoms with Gasteiger partial charge in [0.05, 0.1) is 17.8 Å². The van der Waals surface area contributed by atoms with Crippen LogP contribution in [0.25, 0.3) is 10.9 Å². The quantitative estimate of drug-likeness (QED) is 0.488. The number of fused-ring (bicyclic) bond motifs is 1. The summed E-state index contributed by atoms with van der Waals surface area (Å²) in [6, 6.07) is 15.7. The molecule has 0 spiro atoms. The van der Waals surface area contributed by atoms with E-state index >= 15 is 0 Å². The second kappa shape index (κ2) is 7.41. The number of hydrogen-bond acceptors (Lipinski definition) is 4. The number of benzene rings is 2. The van der Waals surface area contributed by atoms with E-state index in [0.29, 0.717) is 23.9 Å². The molecule has 0 aliphatic carbocycles. The van der Waals surface area contributed by atoms with Crippen molar-refractivity contribution in [1.29, 1.82) is 0 Å². The molecule has 0 fully saturated rings. The molecule has 7 heteroatoms. The summed E-state index contributed by atoms with van der Waals surface area (Å²) in [5.74, 6) is 0.694. The largest absolute Gasteiger partial charge is 0.490 e. The van der Waals surface area contributed by atoms with E-state index in [0.717, 1.165) is 16.5 Å². The summed E-state index contributed by atoms with van der Waals surface area (Å²) in [4.78, 5) is 0. The molecule has 0 saturated carbocycles. The minimum atomic E-state index is 0.518. The Hall–Kier alpha value is -3.12. The summed E-state index contributed by atoms with van der Waals surface area (Å²) in [6.07, 6.45) is 6.96. The Labute approximate surface area is 155 Å². The van der Waals surface area contributed by atoms with Crippen LogP contribution >= 0.6 is 11.6 Å². The SMILES string of the molecule is Clc1ccccc1OCCn1cc(C=Nn2cnnc2)c2ccccc21. The van der Waals surface area contributed by atoms with Crippen molar-refractivity contribution in [3.05, 3.63) is 78.0 Å². The molecule has 0 unspecified atom stereocenters. The summed E-state index contributed by atoms with van der Waals surface area (Å²) < 4.78 is 9.53. The standard InChI is InChI=1S/C19H16ClN5O/c20-17-6-2-4-8-19(17)26-10-9-24-12-15(11-23-25-13-21-22-14-25)16-5-1-3-7-18(16)24/h1-8,11-14H,9-10H2. The minimum absolute atomic E-state index is 0.518. The first-order chi connectivity index (χ1) is 12.8. The van der Waals surface area contributed by atoms with Gasteiger partial charge in [0.25, 0.3) is 0 Å². The molecular weight excluding hydrogens is 350 g/mol. The summed E-state index contributed by atoms with van der Waals surface area (Å²) in [5, 5.41) is 13.6. The van der Waals surface area contributed by atoms with E-state index in [9.17, 15) is 0 Å². The van der Waals surface area contributed by atoms with Gasteiger partial charge in [0.15, 0.2) is 0 Å². The van der Waals surface area contributed by atoms with E-state index in [2.05, 4.69) is 38.2 Å². The molecule has 0 amide bonds. The Morgan fingerprint density at radius 2 is 1.81 bits per heavy atom. The number of nitrogens with zero attached hydrogens (tertiary/aromatic N) is 5. The van der Waals surface area contributed by atoms with Crippen LogP contribution in [0.1, 0.15) is 5.56 Å². The van der Waals surface area contributed by atoms with Crippen molar-refractivity contribution < 1.29 is 4.74 Å². The molecule has 130 valence electrons. The van der Waals surface area contributed by atoms with Crippen molar-refractivity contribution in [2.45, 2.75) is 6.54 Å². The highest BCUT2D eigenvalue weighted by atomic mass is 35.5. The van der Waals surface area contributed by atoms with Crippen LogP contribution in [-0.4, -0.2) is 32.3 Å². The molecule has 0 N–H and O–H groups in total. The number of hydrogen-bond donors (Lipinski definition) is 0. The van der Waals surface area contributed by atoms with Crippen LogP contribution in [0.3, 0.4) is 0 Å². The molecule has 0 radical (unpaired) electrons. The minimum Gasteiger partial charge on any atom is -0.490 e. The van der Waals surface area contributed by atoms with Crippen molar-refractivity contribution in [1.82, 2.24) is 19.4 Å². The predicted molar refractivity (Wildman–Crippen MR) is 102 cm³/mol. The van der Waals surface area contributed by atoms with Crippen LogP contribution in [0.4, 0.5) is 0 Å². The first kappa shape index (κ1) is 16.4. The molecule has 0 bridgehead atoms. The van der Waals surface area contributed by atoms with E-state index in [-0.39, 0.29) is 0 Å². The fourth-order valence-electron chi connectivity index (χ4n) is 2.76. The van der Waals surface area contributed by atoms with Gasteiger partial charge < -0.3 is 9.30 Å². The number of para-hydroxylation sites is 2. The maximum absolute atomic E-state index is 6.13. The van der Waals surface area contributed by atoms with Gasteiger partial charge >= 0.3 is 0 Å². The fourth-order valence-corrected chi connectivity index (χ4v) is 2.95. The smallest absolute Gasteiger partial charge is 0.141 e. The molecular formula is C19H16ClN5O. The summed E-state index contributed by atoms with van der Waals surface area (Å²) in [6.45, 7) is 1.22. The van der Waals surface area contributed by atoms with Gasteiger partial charge in [0.2, 0.25) is 0 Å². The lowest BCUT2D eigenvalue weighted by Gasteiger charge is -2.09. The van der Waals surface area contributed by atoms with Crippen LogP contribution in [0.5, 0.6) is 5.75 Å². The third-order valence-electron chi connectivity index (χ3n) is 3.98. The van der Waals surface area contributed by atoms with Crippen molar-refractivity contribution in [3.8, 4) is 5.75 Å². The lowest BCUT2D eigenvalue weighted by molar-refractivity contribution is 0.300. The van der Waals surface area contributed by atoms with Crippen LogP contribution in [0.2, 0.25) is 5.02 Å². The molecule has 4 aromatic rings. The zero-order valence-electron chi connectivity index (χ0n) is 13.9. The lowest BCUT2D eigenvalue weighted by atomic mass is 10.2. The third-order valence-corrected chi connectivity index (χ3v) is 4.29. The molecule has 0 aliphatic rings. The van der Waals surface area contributed by atoms with E-state index in [4.69, 9.17) is 16.3 Å². The lowest BCUT2D eigenvalue weighted by Crippen LogP contribution is -2.07. The van der Waals surface area contributed by atoms with Crippen LogP contribution in [0.15, 0.2) is 72.5 Å². The molecule has 26 heavy (non-hydrogen) atoms. The summed E-state index contributed by atoms with van der Waals surface area (Å²) >= 11 is 6.13. The van der Waals surface area contributed by atoms with E-state index in [1.165, 1.54) is 0 Å². The van der Waals surface area contributed by atoms with Crippen LogP contribution in [0, 0.1) is 0 Å². The maximum Gasteiger partial charge on any atom is 0.141 e. The third kappa shape index (κ3) is 3.45. The second-order valence-electron chi connectivity index (χ2n) is 5.66. The zero-order valence-corrected chi connectivity index (χ0v) is 14.6. The van der Waals surface area contributed by atoms with E-state index < -0.39 is 0 Å². The second-order valence-corrected chi connectivity index (χ2v) is 6.07. The summed E-state index contributed by atoms with van der Waals surface area (Å²) in [5.41, 5.74) is 2.15. The Bertz CT molecular complexity index is 1040. The van der Waals surface area contributed by atoms with Gasteiger partial charge in [-0.15, -0.1) is 10.2 Å². The number of halogens is 1.